The number of nitrogens with one attached hydrogen (secondary N) is 1. The van der Waals surface area contributed by atoms with Gasteiger partial charge < -0.3 is 10.4 Å². The van der Waals surface area contributed by atoms with E-state index >= 15 is 0 Å². The second-order valence-corrected chi connectivity index (χ2v) is 5.12. The van der Waals surface area contributed by atoms with Gasteiger partial charge in [-0.25, -0.2) is 13.5 Å². The van der Waals surface area contributed by atoms with Crippen LogP contribution < -0.4 is 14.8 Å². The number of halogens is 2. The van der Waals surface area contributed by atoms with Gasteiger partial charge in [0.25, 0.3) is 11.2 Å². The third-order valence-electron chi connectivity index (χ3n) is 3.61. The van der Waals surface area contributed by atoms with Gasteiger partial charge in [-0.15, -0.1) is 0 Å². The molecule has 1 aromatic heterocycles. The molecular formula is C16H13F2N3O2. The van der Waals surface area contributed by atoms with E-state index in [9.17, 15) is 19.2 Å². The molecule has 0 amide bonds. The molecule has 3 aromatic rings. The summed E-state index contributed by atoms with van der Waals surface area (Å²) in [5.41, 5.74) is 0.533. The maximum absolute atomic E-state index is 13.4. The lowest BCUT2D eigenvalue weighted by Gasteiger charge is -2.14. The highest BCUT2D eigenvalue weighted by molar-refractivity contribution is 5.69. The number of hydrogen-bond acceptors (Lipinski definition) is 3. The molecule has 0 fully saturated rings. The first-order valence-electron chi connectivity index (χ1n) is 6.91. The Labute approximate surface area is 130 Å². The molecule has 23 heavy (non-hydrogen) atoms. The molecule has 7 heteroatoms. The summed E-state index contributed by atoms with van der Waals surface area (Å²) >= 11 is 0. The molecule has 1 N–H and O–H groups in total. The summed E-state index contributed by atoms with van der Waals surface area (Å²) in [6.45, 7) is 1.76. The first kappa shape index (κ1) is 15.0. The number of hydrogen-bond donors (Lipinski definition) is 1. The summed E-state index contributed by atoms with van der Waals surface area (Å²) in [6, 6.07) is 10.7. The Morgan fingerprint density at radius 3 is 2.13 bits per heavy atom. The fourth-order valence-corrected chi connectivity index (χ4v) is 2.38. The van der Waals surface area contributed by atoms with Crippen LogP contribution in [-0.2, 0) is 6.54 Å². The average Bonchev–Trinajstić information content (AvgIpc) is 2.55. The van der Waals surface area contributed by atoms with Crippen LogP contribution in [0.4, 0.5) is 14.6 Å². The summed E-state index contributed by atoms with van der Waals surface area (Å²) in [4.78, 5) is 0. The van der Waals surface area contributed by atoms with Gasteiger partial charge in [0.1, 0.15) is 6.54 Å². The van der Waals surface area contributed by atoms with Gasteiger partial charge in [0.05, 0.1) is 6.07 Å². The molecule has 5 nitrogen and oxygen atoms in total. The van der Waals surface area contributed by atoms with Crippen molar-refractivity contribution < 1.29 is 18.2 Å². The standard InChI is InChI=1S/C16H13F2N3O2/c1-10-16(19-9-11-5-3-2-4-6-11)21(23)15-8-13(18)12(17)7-14(15)20(10)22/h2-8,19H,9H2,1H3. The molecule has 1 heterocycles. The van der Waals surface area contributed by atoms with Gasteiger partial charge in [-0.3, -0.25) is 5.32 Å². The van der Waals surface area contributed by atoms with Gasteiger partial charge in [0.2, 0.25) is 5.52 Å². The first-order valence-corrected chi connectivity index (χ1v) is 6.91. The zero-order chi connectivity index (χ0) is 16.6. The summed E-state index contributed by atoms with van der Waals surface area (Å²) in [5.74, 6) is -2.35. The van der Waals surface area contributed by atoms with E-state index in [1.807, 2.05) is 30.3 Å². The fourth-order valence-electron chi connectivity index (χ4n) is 2.38. The second kappa shape index (κ2) is 5.68. The van der Waals surface area contributed by atoms with Crippen LogP contribution in [0.15, 0.2) is 42.5 Å². The van der Waals surface area contributed by atoms with Crippen molar-refractivity contribution in [1.82, 2.24) is 0 Å². The third-order valence-corrected chi connectivity index (χ3v) is 3.61. The molecule has 0 saturated carbocycles. The number of fused-ring (bicyclic) bond motifs is 1. The molecule has 0 radical (unpaired) electrons. The van der Waals surface area contributed by atoms with Crippen LogP contribution in [-0.4, -0.2) is 0 Å². The molecule has 0 aliphatic heterocycles. The summed E-state index contributed by atoms with van der Waals surface area (Å²) < 4.78 is 27.5. The highest BCUT2D eigenvalue weighted by atomic mass is 19.2. The normalized spacial score (nSPS) is 10.9. The number of aromatic nitrogens is 2. The van der Waals surface area contributed by atoms with Crippen molar-refractivity contribution in [1.29, 1.82) is 0 Å². The highest BCUT2D eigenvalue weighted by Gasteiger charge is 2.24. The van der Waals surface area contributed by atoms with Crippen LogP contribution in [0.3, 0.4) is 0 Å². The predicted octanol–water partition coefficient (Wildman–Crippen LogP) is 2.31. The molecule has 118 valence electrons. The summed E-state index contributed by atoms with van der Waals surface area (Å²) in [6.07, 6.45) is 0. The van der Waals surface area contributed by atoms with Crippen LogP contribution in [0.25, 0.3) is 11.0 Å². The number of nitrogens with zero attached hydrogens (tertiary/aromatic N) is 2. The number of rotatable bonds is 3. The van der Waals surface area contributed by atoms with Gasteiger partial charge in [-0.1, -0.05) is 30.3 Å². The Kier molecular flexibility index (Phi) is 3.69. The van der Waals surface area contributed by atoms with E-state index in [4.69, 9.17) is 0 Å². The minimum absolute atomic E-state index is 0.00219. The molecule has 0 unspecified atom stereocenters. The maximum atomic E-state index is 13.4. The van der Waals surface area contributed by atoms with Crippen molar-refractivity contribution in [3.63, 3.8) is 0 Å². The van der Waals surface area contributed by atoms with Crippen LogP contribution >= 0.6 is 0 Å². The van der Waals surface area contributed by atoms with E-state index in [1.165, 1.54) is 6.92 Å². The van der Waals surface area contributed by atoms with E-state index < -0.39 is 11.6 Å². The van der Waals surface area contributed by atoms with Crippen LogP contribution in [0, 0.1) is 29.0 Å². The lowest BCUT2D eigenvalue weighted by atomic mass is 10.2. The van der Waals surface area contributed by atoms with E-state index in [0.29, 0.717) is 16.0 Å². The molecule has 0 atom stereocenters. The lowest BCUT2D eigenvalue weighted by Crippen LogP contribution is -2.43. The largest absolute Gasteiger partial charge is 0.710 e. The van der Waals surface area contributed by atoms with Crippen LogP contribution in [0.5, 0.6) is 0 Å². The first-order chi connectivity index (χ1) is 11.0. The number of benzene rings is 2. The van der Waals surface area contributed by atoms with Crippen molar-refractivity contribution in [2.45, 2.75) is 13.5 Å². The Hall–Kier alpha value is -2.96. The lowest BCUT2D eigenvalue weighted by molar-refractivity contribution is -0.623. The quantitative estimate of drug-likeness (QED) is 0.595. The van der Waals surface area contributed by atoms with Crippen LogP contribution in [0.1, 0.15) is 11.3 Å². The van der Waals surface area contributed by atoms with Gasteiger partial charge in [0.15, 0.2) is 11.6 Å². The Balaban J connectivity index is 2.08. The molecule has 0 aliphatic carbocycles. The number of anilines is 1. The van der Waals surface area contributed by atoms with E-state index in [0.717, 1.165) is 17.7 Å². The predicted molar refractivity (Wildman–Crippen MR) is 80.3 cm³/mol. The second-order valence-electron chi connectivity index (χ2n) is 5.12. The monoisotopic (exact) mass is 317 g/mol. The molecule has 0 aliphatic rings. The van der Waals surface area contributed by atoms with Gasteiger partial charge in [-0.05, 0) is 5.56 Å². The van der Waals surface area contributed by atoms with E-state index in [-0.39, 0.29) is 22.5 Å². The van der Waals surface area contributed by atoms with Crippen molar-refractivity contribution in [2.24, 2.45) is 0 Å². The SMILES string of the molecule is Cc1c(NCc2ccccc2)[n+]([O-])c2cc(F)c(F)cc2[n+]1[O-]. The zero-order valence-electron chi connectivity index (χ0n) is 12.2. The topological polar surface area (TPSA) is 65.9 Å². The van der Waals surface area contributed by atoms with E-state index in [2.05, 4.69) is 5.32 Å². The fraction of sp³-hybridized carbons (Fsp3) is 0.125. The Morgan fingerprint density at radius 1 is 0.957 bits per heavy atom. The smallest absolute Gasteiger partial charge is 0.348 e. The molecular weight excluding hydrogens is 304 g/mol. The summed E-state index contributed by atoms with van der Waals surface area (Å²) in [5, 5.41) is 27.5. The third kappa shape index (κ3) is 2.61. The van der Waals surface area contributed by atoms with Gasteiger partial charge >= 0.3 is 5.82 Å². The minimum Gasteiger partial charge on any atom is -0.710 e. The van der Waals surface area contributed by atoms with Crippen molar-refractivity contribution in [2.75, 3.05) is 5.32 Å². The molecule has 0 spiro atoms. The summed E-state index contributed by atoms with van der Waals surface area (Å²) in [7, 11) is 0. The van der Waals surface area contributed by atoms with Gasteiger partial charge in [-0.2, -0.15) is 4.73 Å². The molecule has 3 rings (SSSR count). The van der Waals surface area contributed by atoms with Crippen LogP contribution in [0.2, 0.25) is 0 Å². The Morgan fingerprint density at radius 2 is 1.52 bits per heavy atom. The van der Waals surface area contributed by atoms with Crippen molar-refractivity contribution in [3.05, 3.63) is 75.8 Å². The highest BCUT2D eigenvalue weighted by Crippen LogP contribution is 2.17. The molecule has 2 aromatic carbocycles. The average molecular weight is 317 g/mol. The van der Waals surface area contributed by atoms with Crippen molar-refractivity contribution >= 4 is 16.9 Å². The van der Waals surface area contributed by atoms with Crippen molar-refractivity contribution in [3.8, 4) is 0 Å². The molecule has 0 bridgehead atoms. The zero-order valence-corrected chi connectivity index (χ0v) is 12.2. The minimum atomic E-state index is -1.18. The maximum Gasteiger partial charge on any atom is 0.348 e. The van der Waals surface area contributed by atoms with E-state index in [1.54, 1.807) is 0 Å². The Bertz CT molecular complexity index is 886. The van der Waals surface area contributed by atoms with Gasteiger partial charge in [0, 0.05) is 13.0 Å². The molecule has 0 saturated heterocycles.